The Labute approximate surface area is 92.2 Å². The molecule has 0 aliphatic rings. The first-order chi connectivity index (χ1) is 7.25. The summed E-state index contributed by atoms with van der Waals surface area (Å²) in [5.41, 5.74) is 6.90. The largest absolute Gasteiger partial charge is 0.322 e. The van der Waals surface area contributed by atoms with Gasteiger partial charge in [0.2, 0.25) is 0 Å². The molecule has 2 N–H and O–H groups in total. The fourth-order valence-corrected chi connectivity index (χ4v) is 2.00. The number of aromatic nitrogens is 3. The molecule has 15 heavy (non-hydrogen) atoms. The van der Waals surface area contributed by atoms with Crippen LogP contribution in [0.5, 0.6) is 0 Å². The number of hydrogen-bond acceptors (Lipinski definition) is 5. The molecule has 0 aliphatic carbocycles. The molecule has 1 unspecified atom stereocenters. The maximum absolute atomic E-state index is 6.03. The van der Waals surface area contributed by atoms with E-state index in [2.05, 4.69) is 15.0 Å². The zero-order valence-electron chi connectivity index (χ0n) is 8.42. The molecule has 4 nitrogen and oxygen atoms in total. The highest BCUT2D eigenvalue weighted by Gasteiger charge is 2.10. The van der Waals surface area contributed by atoms with E-state index in [1.54, 1.807) is 23.7 Å². The van der Waals surface area contributed by atoms with Crippen LogP contribution in [0.4, 0.5) is 0 Å². The second-order valence-corrected chi connectivity index (χ2v) is 4.24. The van der Waals surface area contributed by atoms with E-state index in [1.807, 2.05) is 18.4 Å². The minimum Gasteiger partial charge on any atom is -0.322 e. The summed E-state index contributed by atoms with van der Waals surface area (Å²) in [7, 11) is 0. The minimum absolute atomic E-state index is 0.0992. The minimum atomic E-state index is -0.0992. The third-order valence-electron chi connectivity index (χ3n) is 2.06. The lowest BCUT2D eigenvalue weighted by Crippen LogP contribution is -2.15. The predicted octanol–water partition coefficient (Wildman–Crippen LogP) is 1.48. The maximum atomic E-state index is 6.03. The summed E-state index contributed by atoms with van der Waals surface area (Å²) < 4.78 is 0. The second kappa shape index (κ2) is 4.46. The molecular formula is C10H12N4S. The first kappa shape index (κ1) is 10.2. The smallest absolute Gasteiger partial charge is 0.125 e. The molecule has 2 rings (SSSR count). The number of rotatable bonds is 3. The average molecular weight is 220 g/mol. The summed E-state index contributed by atoms with van der Waals surface area (Å²) in [5, 5.41) is 2.99. The van der Waals surface area contributed by atoms with Crippen molar-refractivity contribution in [3.8, 4) is 0 Å². The van der Waals surface area contributed by atoms with Gasteiger partial charge in [0.1, 0.15) is 5.82 Å². The lowest BCUT2D eigenvalue weighted by Gasteiger charge is -2.08. The Kier molecular flexibility index (Phi) is 3.03. The highest BCUT2D eigenvalue weighted by atomic mass is 32.1. The molecule has 0 bridgehead atoms. The van der Waals surface area contributed by atoms with Gasteiger partial charge < -0.3 is 5.73 Å². The number of aryl methyl sites for hydroxylation is 1. The molecule has 78 valence electrons. The lowest BCUT2D eigenvalue weighted by molar-refractivity contribution is 0.685. The van der Waals surface area contributed by atoms with Crippen molar-refractivity contribution in [2.24, 2.45) is 5.73 Å². The van der Waals surface area contributed by atoms with Gasteiger partial charge in [-0.25, -0.2) is 15.0 Å². The molecule has 0 radical (unpaired) electrons. The third kappa shape index (κ3) is 2.57. The summed E-state index contributed by atoms with van der Waals surface area (Å²) in [6.07, 6.45) is 4.26. The first-order valence-corrected chi connectivity index (χ1v) is 5.57. The SMILES string of the molecule is Cc1nccc(C(N)Cc2nccs2)n1. The van der Waals surface area contributed by atoms with E-state index in [0.717, 1.165) is 22.9 Å². The van der Waals surface area contributed by atoms with Crippen LogP contribution < -0.4 is 5.73 Å². The molecule has 0 aliphatic heterocycles. The third-order valence-corrected chi connectivity index (χ3v) is 2.86. The van der Waals surface area contributed by atoms with E-state index >= 15 is 0 Å². The molecule has 0 aromatic carbocycles. The van der Waals surface area contributed by atoms with Gasteiger partial charge in [-0.05, 0) is 13.0 Å². The van der Waals surface area contributed by atoms with E-state index in [-0.39, 0.29) is 6.04 Å². The molecule has 0 fully saturated rings. The number of nitrogens with zero attached hydrogens (tertiary/aromatic N) is 3. The van der Waals surface area contributed by atoms with Crippen LogP contribution in [0.1, 0.15) is 22.6 Å². The van der Waals surface area contributed by atoms with E-state index in [0.29, 0.717) is 0 Å². The average Bonchev–Trinajstić information content (AvgIpc) is 2.70. The number of hydrogen-bond donors (Lipinski definition) is 1. The van der Waals surface area contributed by atoms with Crippen molar-refractivity contribution in [3.63, 3.8) is 0 Å². The van der Waals surface area contributed by atoms with Gasteiger partial charge in [-0.15, -0.1) is 11.3 Å². The van der Waals surface area contributed by atoms with Gasteiger partial charge in [0.05, 0.1) is 16.7 Å². The van der Waals surface area contributed by atoms with Crippen LogP contribution in [0.25, 0.3) is 0 Å². The van der Waals surface area contributed by atoms with E-state index in [4.69, 9.17) is 5.73 Å². The van der Waals surface area contributed by atoms with Crippen LogP contribution in [-0.2, 0) is 6.42 Å². The fraction of sp³-hybridized carbons (Fsp3) is 0.300. The van der Waals surface area contributed by atoms with Crippen molar-refractivity contribution < 1.29 is 0 Å². The van der Waals surface area contributed by atoms with Crippen molar-refractivity contribution in [3.05, 3.63) is 40.4 Å². The highest BCUT2D eigenvalue weighted by Crippen LogP contribution is 2.15. The van der Waals surface area contributed by atoms with E-state index in [9.17, 15) is 0 Å². The van der Waals surface area contributed by atoms with Crippen molar-refractivity contribution in [2.45, 2.75) is 19.4 Å². The number of nitrogens with two attached hydrogens (primary N) is 1. The molecule has 1 atom stereocenters. The van der Waals surface area contributed by atoms with Gasteiger partial charge in [0.15, 0.2) is 0 Å². The Morgan fingerprint density at radius 3 is 2.93 bits per heavy atom. The van der Waals surface area contributed by atoms with Gasteiger partial charge in [0.25, 0.3) is 0 Å². The number of thiazole rings is 1. The van der Waals surface area contributed by atoms with E-state index in [1.165, 1.54) is 0 Å². The molecule has 0 saturated heterocycles. The van der Waals surface area contributed by atoms with Crippen molar-refractivity contribution in [1.82, 2.24) is 15.0 Å². The van der Waals surface area contributed by atoms with Gasteiger partial charge in [-0.2, -0.15) is 0 Å². The van der Waals surface area contributed by atoms with Crippen LogP contribution in [0.15, 0.2) is 23.8 Å². The van der Waals surface area contributed by atoms with Crippen LogP contribution in [0, 0.1) is 6.92 Å². The highest BCUT2D eigenvalue weighted by molar-refractivity contribution is 7.09. The second-order valence-electron chi connectivity index (χ2n) is 3.27. The molecule has 0 amide bonds. The van der Waals surface area contributed by atoms with E-state index < -0.39 is 0 Å². The van der Waals surface area contributed by atoms with Crippen molar-refractivity contribution >= 4 is 11.3 Å². The van der Waals surface area contributed by atoms with Gasteiger partial charge >= 0.3 is 0 Å². The van der Waals surface area contributed by atoms with Crippen molar-refractivity contribution in [2.75, 3.05) is 0 Å². The Morgan fingerprint density at radius 1 is 1.40 bits per heavy atom. The van der Waals surface area contributed by atoms with Crippen LogP contribution in [0.2, 0.25) is 0 Å². The molecule has 5 heteroatoms. The summed E-state index contributed by atoms with van der Waals surface area (Å²) >= 11 is 1.62. The summed E-state index contributed by atoms with van der Waals surface area (Å²) in [4.78, 5) is 12.5. The summed E-state index contributed by atoms with van der Waals surface area (Å²) in [6.45, 7) is 1.86. The van der Waals surface area contributed by atoms with Gasteiger partial charge in [-0.3, -0.25) is 0 Å². The first-order valence-electron chi connectivity index (χ1n) is 4.69. The standard InChI is InChI=1S/C10H12N4S/c1-7-12-3-2-9(14-7)8(11)6-10-13-4-5-15-10/h2-5,8H,6,11H2,1H3. The van der Waals surface area contributed by atoms with Gasteiger partial charge in [0, 0.05) is 24.2 Å². The summed E-state index contributed by atoms with van der Waals surface area (Å²) in [5.74, 6) is 0.752. The molecular weight excluding hydrogens is 208 g/mol. The van der Waals surface area contributed by atoms with Gasteiger partial charge in [-0.1, -0.05) is 0 Å². The Bertz CT molecular complexity index is 427. The normalized spacial score (nSPS) is 12.7. The Balaban J connectivity index is 2.11. The van der Waals surface area contributed by atoms with Crippen LogP contribution in [-0.4, -0.2) is 15.0 Å². The molecule has 2 aromatic rings. The van der Waals surface area contributed by atoms with Crippen molar-refractivity contribution in [1.29, 1.82) is 0 Å². The zero-order valence-corrected chi connectivity index (χ0v) is 9.24. The molecule has 0 saturated carbocycles. The topological polar surface area (TPSA) is 64.7 Å². The molecule has 0 spiro atoms. The predicted molar refractivity (Wildman–Crippen MR) is 59.5 cm³/mol. The quantitative estimate of drug-likeness (QED) is 0.851. The van der Waals surface area contributed by atoms with Crippen LogP contribution in [0.3, 0.4) is 0 Å². The Morgan fingerprint density at radius 2 is 2.27 bits per heavy atom. The Hall–Kier alpha value is -1.33. The monoisotopic (exact) mass is 220 g/mol. The molecule has 2 heterocycles. The fourth-order valence-electron chi connectivity index (χ4n) is 1.33. The maximum Gasteiger partial charge on any atom is 0.125 e. The summed E-state index contributed by atoms with van der Waals surface area (Å²) in [6, 6.07) is 1.75. The zero-order chi connectivity index (χ0) is 10.7. The lowest BCUT2D eigenvalue weighted by atomic mass is 10.1. The molecule has 2 aromatic heterocycles. The van der Waals surface area contributed by atoms with Crippen LogP contribution >= 0.6 is 11.3 Å².